The van der Waals surface area contributed by atoms with Crippen molar-refractivity contribution in [2.45, 2.75) is 12.8 Å². The minimum atomic E-state index is 0.0696. The molecular formula is C17H18Cl2N4O. The molecule has 1 aliphatic heterocycles. The van der Waals surface area contributed by atoms with Crippen molar-refractivity contribution in [2.75, 3.05) is 31.1 Å². The maximum absolute atomic E-state index is 12.6. The number of nitrogens with zero attached hydrogens (tertiary/aromatic N) is 4. The SMILES string of the molecule is O=C(Cc1cc(Cl)ccc1Cl)N1CCCN(c2cccnn2)CC1. The molecule has 1 fully saturated rings. The van der Waals surface area contributed by atoms with Crippen LogP contribution in [-0.4, -0.2) is 47.2 Å². The first-order valence-electron chi connectivity index (χ1n) is 7.88. The quantitative estimate of drug-likeness (QED) is 0.839. The minimum Gasteiger partial charge on any atom is -0.353 e. The first kappa shape index (κ1) is 17.0. The van der Waals surface area contributed by atoms with Gasteiger partial charge in [-0.1, -0.05) is 23.2 Å². The van der Waals surface area contributed by atoms with Crippen molar-refractivity contribution in [1.29, 1.82) is 0 Å². The molecule has 3 rings (SSSR count). The Morgan fingerprint density at radius 3 is 2.79 bits per heavy atom. The van der Waals surface area contributed by atoms with Gasteiger partial charge in [-0.05, 0) is 42.3 Å². The molecule has 1 aromatic carbocycles. The van der Waals surface area contributed by atoms with Gasteiger partial charge in [0.25, 0.3) is 0 Å². The molecule has 24 heavy (non-hydrogen) atoms. The number of halogens is 2. The summed E-state index contributed by atoms with van der Waals surface area (Å²) >= 11 is 12.2. The molecular weight excluding hydrogens is 347 g/mol. The van der Waals surface area contributed by atoms with Crippen LogP contribution in [0.2, 0.25) is 10.0 Å². The molecule has 0 spiro atoms. The third-order valence-electron chi connectivity index (χ3n) is 4.08. The van der Waals surface area contributed by atoms with Crippen LogP contribution in [0.1, 0.15) is 12.0 Å². The summed E-state index contributed by atoms with van der Waals surface area (Å²) < 4.78 is 0. The predicted molar refractivity (Wildman–Crippen MR) is 95.6 cm³/mol. The van der Waals surface area contributed by atoms with Crippen molar-refractivity contribution in [3.63, 3.8) is 0 Å². The predicted octanol–water partition coefficient (Wildman–Crippen LogP) is 3.06. The van der Waals surface area contributed by atoms with Gasteiger partial charge in [-0.3, -0.25) is 4.79 Å². The summed E-state index contributed by atoms with van der Waals surface area (Å²) in [5.41, 5.74) is 0.768. The second kappa shape index (κ2) is 7.81. The number of aromatic nitrogens is 2. The fourth-order valence-corrected chi connectivity index (χ4v) is 3.19. The highest BCUT2D eigenvalue weighted by atomic mass is 35.5. The van der Waals surface area contributed by atoms with E-state index in [2.05, 4.69) is 15.1 Å². The number of hydrogen-bond acceptors (Lipinski definition) is 4. The smallest absolute Gasteiger partial charge is 0.227 e. The van der Waals surface area contributed by atoms with Gasteiger partial charge in [-0.15, -0.1) is 5.10 Å². The normalized spacial score (nSPS) is 15.2. The van der Waals surface area contributed by atoms with Crippen molar-refractivity contribution in [3.05, 3.63) is 52.1 Å². The molecule has 0 unspecified atom stereocenters. The molecule has 126 valence electrons. The number of anilines is 1. The van der Waals surface area contributed by atoms with E-state index < -0.39 is 0 Å². The molecule has 1 amide bonds. The third-order valence-corrected chi connectivity index (χ3v) is 4.68. The zero-order valence-corrected chi connectivity index (χ0v) is 14.7. The second-order valence-electron chi connectivity index (χ2n) is 5.72. The molecule has 2 aromatic rings. The molecule has 0 N–H and O–H groups in total. The molecule has 5 nitrogen and oxygen atoms in total. The summed E-state index contributed by atoms with van der Waals surface area (Å²) in [6, 6.07) is 9.02. The highest BCUT2D eigenvalue weighted by Gasteiger charge is 2.20. The second-order valence-corrected chi connectivity index (χ2v) is 6.56. The summed E-state index contributed by atoms with van der Waals surface area (Å²) in [7, 11) is 0. The molecule has 1 saturated heterocycles. The highest BCUT2D eigenvalue weighted by molar-refractivity contribution is 6.33. The summed E-state index contributed by atoms with van der Waals surface area (Å²) in [6.45, 7) is 3.00. The lowest BCUT2D eigenvalue weighted by atomic mass is 10.1. The third kappa shape index (κ3) is 4.16. The fourth-order valence-electron chi connectivity index (χ4n) is 2.81. The molecule has 0 saturated carbocycles. The van der Waals surface area contributed by atoms with Gasteiger partial charge in [0, 0.05) is 42.4 Å². The highest BCUT2D eigenvalue weighted by Crippen LogP contribution is 2.22. The standard InChI is InChI=1S/C17H18Cl2N4O/c18-14-4-5-15(19)13(11-14)12-17(24)23-8-2-7-22(9-10-23)16-3-1-6-20-21-16/h1,3-6,11H,2,7-10,12H2. The summed E-state index contributed by atoms with van der Waals surface area (Å²) in [5.74, 6) is 0.921. The lowest BCUT2D eigenvalue weighted by molar-refractivity contribution is -0.130. The molecule has 7 heteroatoms. The van der Waals surface area contributed by atoms with Crippen molar-refractivity contribution >= 4 is 34.9 Å². The summed E-state index contributed by atoms with van der Waals surface area (Å²) in [6.07, 6.45) is 2.82. The Morgan fingerprint density at radius 1 is 1.12 bits per heavy atom. The Hall–Kier alpha value is -1.85. The number of amides is 1. The molecule has 1 aliphatic rings. The van der Waals surface area contributed by atoms with Gasteiger partial charge in [0.15, 0.2) is 5.82 Å². The largest absolute Gasteiger partial charge is 0.353 e. The van der Waals surface area contributed by atoms with Crippen LogP contribution in [0, 0.1) is 0 Å². The number of rotatable bonds is 3. The van der Waals surface area contributed by atoms with Crippen LogP contribution in [0.4, 0.5) is 5.82 Å². The maximum Gasteiger partial charge on any atom is 0.227 e. The monoisotopic (exact) mass is 364 g/mol. The van der Waals surface area contributed by atoms with Gasteiger partial charge in [0.2, 0.25) is 5.91 Å². The molecule has 1 aromatic heterocycles. The van der Waals surface area contributed by atoms with E-state index in [-0.39, 0.29) is 12.3 Å². The van der Waals surface area contributed by atoms with Crippen LogP contribution in [0.3, 0.4) is 0 Å². The van der Waals surface area contributed by atoms with E-state index in [1.165, 1.54) is 0 Å². The first-order valence-corrected chi connectivity index (χ1v) is 8.63. The van der Waals surface area contributed by atoms with E-state index in [0.717, 1.165) is 37.4 Å². The fraction of sp³-hybridized carbons (Fsp3) is 0.353. The Labute approximate surface area is 151 Å². The van der Waals surface area contributed by atoms with Crippen molar-refractivity contribution in [1.82, 2.24) is 15.1 Å². The van der Waals surface area contributed by atoms with Crippen molar-refractivity contribution in [2.24, 2.45) is 0 Å². The lowest BCUT2D eigenvalue weighted by Gasteiger charge is -2.22. The van der Waals surface area contributed by atoms with Gasteiger partial charge in [0.05, 0.1) is 6.42 Å². The maximum atomic E-state index is 12.6. The Kier molecular flexibility index (Phi) is 5.53. The van der Waals surface area contributed by atoms with E-state index in [1.54, 1.807) is 24.4 Å². The van der Waals surface area contributed by atoms with Crippen LogP contribution < -0.4 is 4.90 Å². The number of hydrogen-bond donors (Lipinski definition) is 0. The Morgan fingerprint density at radius 2 is 2.00 bits per heavy atom. The van der Waals surface area contributed by atoms with E-state index in [0.29, 0.717) is 16.6 Å². The van der Waals surface area contributed by atoms with E-state index in [4.69, 9.17) is 23.2 Å². The molecule has 2 heterocycles. The Bertz CT molecular complexity index is 711. The summed E-state index contributed by atoms with van der Waals surface area (Å²) in [4.78, 5) is 16.6. The molecule has 0 radical (unpaired) electrons. The van der Waals surface area contributed by atoms with Crippen LogP contribution in [-0.2, 0) is 11.2 Å². The number of carbonyl (C=O) groups is 1. The average molecular weight is 365 g/mol. The van der Waals surface area contributed by atoms with Crippen molar-refractivity contribution < 1.29 is 4.79 Å². The zero-order valence-electron chi connectivity index (χ0n) is 13.2. The molecule has 0 atom stereocenters. The van der Waals surface area contributed by atoms with Crippen LogP contribution >= 0.6 is 23.2 Å². The van der Waals surface area contributed by atoms with Crippen LogP contribution in [0.25, 0.3) is 0 Å². The summed E-state index contributed by atoms with van der Waals surface area (Å²) in [5, 5.41) is 9.23. The van der Waals surface area contributed by atoms with Crippen LogP contribution in [0.15, 0.2) is 36.5 Å². The van der Waals surface area contributed by atoms with Gasteiger partial charge < -0.3 is 9.80 Å². The zero-order chi connectivity index (χ0) is 16.9. The topological polar surface area (TPSA) is 49.3 Å². The Balaban J connectivity index is 1.63. The van der Waals surface area contributed by atoms with E-state index >= 15 is 0 Å². The van der Waals surface area contributed by atoms with E-state index in [1.807, 2.05) is 17.0 Å². The lowest BCUT2D eigenvalue weighted by Crippen LogP contribution is -2.36. The molecule has 0 aliphatic carbocycles. The number of benzene rings is 1. The van der Waals surface area contributed by atoms with Gasteiger partial charge >= 0.3 is 0 Å². The van der Waals surface area contributed by atoms with Crippen molar-refractivity contribution in [3.8, 4) is 0 Å². The van der Waals surface area contributed by atoms with Gasteiger partial charge in [-0.25, -0.2) is 0 Å². The van der Waals surface area contributed by atoms with Crippen LogP contribution in [0.5, 0.6) is 0 Å². The minimum absolute atomic E-state index is 0.0696. The van der Waals surface area contributed by atoms with Gasteiger partial charge in [0.1, 0.15) is 0 Å². The number of carbonyl (C=O) groups excluding carboxylic acids is 1. The van der Waals surface area contributed by atoms with E-state index in [9.17, 15) is 4.79 Å². The van der Waals surface area contributed by atoms with Gasteiger partial charge in [-0.2, -0.15) is 5.10 Å². The first-order chi connectivity index (χ1) is 11.6. The molecule has 0 bridgehead atoms. The average Bonchev–Trinajstić information content (AvgIpc) is 2.85.